The van der Waals surface area contributed by atoms with Gasteiger partial charge < -0.3 is 10.1 Å². The summed E-state index contributed by atoms with van der Waals surface area (Å²) in [5.41, 5.74) is -0.538. The average Bonchev–Trinajstić information content (AvgIpc) is 2.28. The fourth-order valence-electron chi connectivity index (χ4n) is 1.96. The lowest BCUT2D eigenvalue weighted by molar-refractivity contribution is -0.137. The van der Waals surface area contributed by atoms with Gasteiger partial charge in [0.15, 0.2) is 0 Å². The van der Waals surface area contributed by atoms with Crippen molar-refractivity contribution in [2.45, 2.75) is 25.1 Å². The van der Waals surface area contributed by atoms with Crippen molar-refractivity contribution in [2.75, 3.05) is 18.5 Å². The van der Waals surface area contributed by atoms with Gasteiger partial charge in [0.05, 0.1) is 12.2 Å². The Bertz CT molecular complexity index is 416. The first-order valence-corrected chi connectivity index (χ1v) is 6.47. The van der Waals surface area contributed by atoms with E-state index in [1.54, 1.807) is 0 Å². The molecule has 100 valence electrons. The average molecular weight is 324 g/mol. The van der Waals surface area contributed by atoms with Crippen LogP contribution in [0.2, 0.25) is 0 Å². The van der Waals surface area contributed by atoms with E-state index in [0.717, 1.165) is 18.9 Å². The molecule has 1 heterocycles. The molecule has 0 aromatic heterocycles. The predicted molar refractivity (Wildman–Crippen MR) is 66.6 cm³/mol. The molecule has 2 nitrogen and oxygen atoms in total. The van der Waals surface area contributed by atoms with Crippen LogP contribution in [0.4, 0.5) is 18.9 Å². The second-order valence-corrected chi connectivity index (χ2v) is 5.16. The number of hydrogen-bond acceptors (Lipinski definition) is 2. The summed E-state index contributed by atoms with van der Waals surface area (Å²) in [5, 5.41) is 2.92. The molecule has 0 saturated carbocycles. The number of halogens is 4. The van der Waals surface area contributed by atoms with E-state index in [0.29, 0.717) is 17.7 Å². The molecule has 0 radical (unpaired) electrons. The number of rotatable bonds is 2. The first kappa shape index (κ1) is 13.7. The Morgan fingerprint density at radius 2 is 2.11 bits per heavy atom. The quantitative estimate of drug-likeness (QED) is 0.886. The van der Waals surface area contributed by atoms with Crippen molar-refractivity contribution in [3.8, 4) is 0 Å². The molecule has 2 rings (SSSR count). The Morgan fingerprint density at radius 3 is 2.72 bits per heavy atom. The van der Waals surface area contributed by atoms with Gasteiger partial charge in [-0.2, -0.15) is 13.2 Å². The third-order valence-corrected chi connectivity index (χ3v) is 3.30. The van der Waals surface area contributed by atoms with Crippen LogP contribution in [0.25, 0.3) is 0 Å². The summed E-state index contributed by atoms with van der Waals surface area (Å²) in [7, 11) is 0. The summed E-state index contributed by atoms with van der Waals surface area (Å²) in [5.74, 6) is 0. The normalized spacial score (nSPS) is 20.8. The van der Waals surface area contributed by atoms with Crippen molar-refractivity contribution in [1.29, 1.82) is 0 Å². The van der Waals surface area contributed by atoms with Crippen LogP contribution >= 0.6 is 15.9 Å². The van der Waals surface area contributed by atoms with Crippen LogP contribution in [-0.4, -0.2) is 19.3 Å². The summed E-state index contributed by atoms with van der Waals surface area (Å²) in [6, 6.07) is 3.87. The highest BCUT2D eigenvalue weighted by molar-refractivity contribution is 9.10. The summed E-state index contributed by atoms with van der Waals surface area (Å²) >= 11 is 3.19. The number of benzene rings is 1. The Hall–Kier alpha value is -0.750. The zero-order valence-corrected chi connectivity index (χ0v) is 11.1. The van der Waals surface area contributed by atoms with E-state index in [9.17, 15) is 13.2 Å². The van der Waals surface area contributed by atoms with Crippen molar-refractivity contribution in [3.63, 3.8) is 0 Å². The second kappa shape index (κ2) is 5.48. The molecule has 1 aliphatic heterocycles. The highest BCUT2D eigenvalue weighted by atomic mass is 79.9. The molecule has 0 spiro atoms. The lowest BCUT2D eigenvalue weighted by Crippen LogP contribution is -2.30. The summed E-state index contributed by atoms with van der Waals surface area (Å²) in [6.45, 7) is 1.13. The minimum atomic E-state index is -4.35. The van der Waals surface area contributed by atoms with Gasteiger partial charge in [0.25, 0.3) is 0 Å². The molecule has 18 heavy (non-hydrogen) atoms. The molecular formula is C12H13BrF3NO. The zero-order chi connectivity index (χ0) is 13.2. The molecule has 1 aromatic rings. The van der Waals surface area contributed by atoms with Crippen LogP contribution in [0.15, 0.2) is 22.7 Å². The Balaban J connectivity index is 2.21. The van der Waals surface area contributed by atoms with E-state index in [1.165, 1.54) is 12.1 Å². The largest absolute Gasteiger partial charge is 0.418 e. The molecule has 0 amide bonds. The van der Waals surface area contributed by atoms with Crippen molar-refractivity contribution in [3.05, 3.63) is 28.2 Å². The molecule has 6 heteroatoms. The van der Waals surface area contributed by atoms with Gasteiger partial charge in [-0.1, -0.05) is 15.9 Å². The Kier molecular flexibility index (Phi) is 4.17. The maximum atomic E-state index is 12.8. The molecule has 1 fully saturated rings. The molecule has 0 aliphatic carbocycles. The fraction of sp³-hybridized carbons (Fsp3) is 0.500. The molecule has 1 saturated heterocycles. The summed E-state index contributed by atoms with van der Waals surface area (Å²) in [4.78, 5) is 0. The molecule has 1 aliphatic rings. The van der Waals surface area contributed by atoms with Gasteiger partial charge in [0.1, 0.15) is 0 Å². The third-order valence-electron chi connectivity index (χ3n) is 2.81. The third kappa shape index (κ3) is 3.38. The van der Waals surface area contributed by atoms with Crippen molar-refractivity contribution >= 4 is 21.6 Å². The SMILES string of the molecule is FC(F)(F)c1ccc(Br)cc1NC1CCCOC1. The van der Waals surface area contributed by atoms with E-state index >= 15 is 0 Å². The van der Waals surface area contributed by atoms with Gasteiger partial charge in [0, 0.05) is 22.8 Å². The van der Waals surface area contributed by atoms with E-state index in [4.69, 9.17) is 4.74 Å². The maximum absolute atomic E-state index is 12.8. The first-order valence-electron chi connectivity index (χ1n) is 5.68. The highest BCUT2D eigenvalue weighted by Crippen LogP contribution is 2.36. The molecule has 1 N–H and O–H groups in total. The van der Waals surface area contributed by atoms with Crippen LogP contribution in [0.1, 0.15) is 18.4 Å². The first-order chi connectivity index (χ1) is 8.47. The van der Waals surface area contributed by atoms with Gasteiger partial charge in [0.2, 0.25) is 0 Å². The van der Waals surface area contributed by atoms with Crippen LogP contribution in [-0.2, 0) is 10.9 Å². The minimum absolute atomic E-state index is 0.0610. The highest BCUT2D eigenvalue weighted by Gasteiger charge is 2.34. The predicted octanol–water partition coefficient (Wildman–Crippen LogP) is 4.06. The topological polar surface area (TPSA) is 21.3 Å². The van der Waals surface area contributed by atoms with Crippen LogP contribution in [0.3, 0.4) is 0 Å². The number of nitrogens with one attached hydrogen (secondary N) is 1. The Labute approximate surface area is 112 Å². The molecule has 1 aromatic carbocycles. The monoisotopic (exact) mass is 323 g/mol. The van der Waals surface area contributed by atoms with Crippen LogP contribution in [0, 0.1) is 0 Å². The molecule has 0 bridgehead atoms. The summed E-state index contributed by atoms with van der Waals surface area (Å²) < 4.78 is 44.4. The number of anilines is 1. The van der Waals surface area contributed by atoms with Crippen LogP contribution in [0.5, 0.6) is 0 Å². The van der Waals surface area contributed by atoms with Crippen LogP contribution < -0.4 is 5.32 Å². The van der Waals surface area contributed by atoms with Gasteiger partial charge in [-0.15, -0.1) is 0 Å². The van der Waals surface area contributed by atoms with Crippen molar-refractivity contribution in [1.82, 2.24) is 0 Å². The number of hydrogen-bond donors (Lipinski definition) is 1. The van der Waals surface area contributed by atoms with Gasteiger partial charge in [-0.3, -0.25) is 0 Å². The second-order valence-electron chi connectivity index (χ2n) is 4.25. The maximum Gasteiger partial charge on any atom is 0.418 e. The van der Waals surface area contributed by atoms with E-state index in [2.05, 4.69) is 21.2 Å². The number of ether oxygens (including phenoxy) is 1. The molecule has 1 atom stereocenters. The molecular weight excluding hydrogens is 311 g/mol. The van der Waals surface area contributed by atoms with Gasteiger partial charge >= 0.3 is 6.18 Å². The van der Waals surface area contributed by atoms with E-state index in [-0.39, 0.29) is 11.7 Å². The fourth-order valence-corrected chi connectivity index (χ4v) is 2.32. The van der Waals surface area contributed by atoms with E-state index < -0.39 is 11.7 Å². The lowest BCUT2D eigenvalue weighted by Gasteiger charge is -2.26. The van der Waals surface area contributed by atoms with Gasteiger partial charge in [-0.25, -0.2) is 0 Å². The molecule has 1 unspecified atom stereocenters. The van der Waals surface area contributed by atoms with Crippen molar-refractivity contribution < 1.29 is 17.9 Å². The summed E-state index contributed by atoms with van der Waals surface area (Å²) in [6.07, 6.45) is -2.66. The van der Waals surface area contributed by atoms with E-state index in [1.807, 2.05) is 0 Å². The Morgan fingerprint density at radius 1 is 1.33 bits per heavy atom. The minimum Gasteiger partial charge on any atom is -0.379 e. The zero-order valence-electron chi connectivity index (χ0n) is 9.56. The number of alkyl halides is 3. The van der Waals surface area contributed by atoms with Gasteiger partial charge in [-0.05, 0) is 31.0 Å². The standard InChI is InChI=1S/C12H13BrF3NO/c13-8-3-4-10(12(14,15)16)11(6-8)17-9-2-1-5-18-7-9/h3-4,6,9,17H,1-2,5,7H2. The van der Waals surface area contributed by atoms with Crippen molar-refractivity contribution in [2.24, 2.45) is 0 Å². The lowest BCUT2D eigenvalue weighted by atomic mass is 10.1. The smallest absolute Gasteiger partial charge is 0.379 e.